The zero-order chi connectivity index (χ0) is 12.3. The molecule has 3 nitrogen and oxygen atoms in total. The van der Waals surface area contributed by atoms with Gasteiger partial charge in [-0.2, -0.15) is 0 Å². The van der Waals surface area contributed by atoms with Crippen molar-refractivity contribution < 1.29 is 8.95 Å². The van der Waals surface area contributed by atoms with Gasteiger partial charge in [0.1, 0.15) is 0 Å². The van der Waals surface area contributed by atoms with Crippen molar-refractivity contribution in [1.82, 2.24) is 5.32 Å². The van der Waals surface area contributed by atoms with E-state index in [9.17, 15) is 4.21 Å². The molecule has 1 aromatic carbocycles. The summed E-state index contributed by atoms with van der Waals surface area (Å²) in [5.41, 5.74) is 0. The molecule has 1 N–H and O–H groups in total. The number of benzene rings is 1. The fraction of sp³-hybridized carbons (Fsp3) is 0.500. The summed E-state index contributed by atoms with van der Waals surface area (Å²) in [5.74, 6) is 0. The fourth-order valence-corrected chi connectivity index (χ4v) is 4.38. The zero-order valence-electron chi connectivity index (χ0n) is 9.69. The van der Waals surface area contributed by atoms with Crippen LogP contribution in [0.2, 0.25) is 0 Å². The van der Waals surface area contributed by atoms with Gasteiger partial charge in [-0.05, 0) is 41.5 Å². The van der Waals surface area contributed by atoms with Crippen molar-refractivity contribution in [2.24, 2.45) is 0 Å². The van der Waals surface area contributed by atoms with Crippen LogP contribution in [0.1, 0.15) is 6.42 Å². The molecule has 0 radical (unpaired) electrons. The molecule has 3 atom stereocenters. The lowest BCUT2D eigenvalue weighted by molar-refractivity contribution is 0.0838. The molecule has 0 aromatic heterocycles. The first-order chi connectivity index (χ1) is 8.24. The van der Waals surface area contributed by atoms with Crippen LogP contribution in [0.25, 0.3) is 0 Å². The number of ether oxygens (including phenoxy) is 1. The molecule has 1 heterocycles. The highest BCUT2D eigenvalue weighted by atomic mass is 79.9. The van der Waals surface area contributed by atoms with Crippen LogP contribution in [-0.4, -0.2) is 35.8 Å². The molecular formula is C12H16BrNO2S. The monoisotopic (exact) mass is 317 g/mol. The highest BCUT2D eigenvalue weighted by Crippen LogP contribution is 2.25. The predicted molar refractivity (Wildman–Crippen MR) is 72.6 cm³/mol. The van der Waals surface area contributed by atoms with Crippen molar-refractivity contribution in [1.29, 1.82) is 0 Å². The third kappa shape index (κ3) is 2.96. The van der Waals surface area contributed by atoms with Gasteiger partial charge in [-0.3, -0.25) is 4.21 Å². The van der Waals surface area contributed by atoms with Gasteiger partial charge in [0.05, 0.1) is 27.6 Å². The van der Waals surface area contributed by atoms with E-state index in [0.29, 0.717) is 6.61 Å². The smallest absolute Gasteiger partial charge is 0.0782 e. The second-order valence-electron chi connectivity index (χ2n) is 4.03. The van der Waals surface area contributed by atoms with E-state index in [1.165, 1.54) is 0 Å². The summed E-state index contributed by atoms with van der Waals surface area (Å²) in [4.78, 5) is 0.850. The van der Waals surface area contributed by atoms with Crippen LogP contribution in [0.4, 0.5) is 0 Å². The average Bonchev–Trinajstić information content (AvgIpc) is 2.38. The Bertz CT molecular complexity index is 413. The Kier molecular flexibility index (Phi) is 4.73. The molecule has 0 bridgehead atoms. The van der Waals surface area contributed by atoms with Gasteiger partial charge < -0.3 is 10.1 Å². The highest BCUT2D eigenvalue weighted by Gasteiger charge is 2.31. The summed E-state index contributed by atoms with van der Waals surface area (Å²) in [5, 5.41) is 3.26. The van der Waals surface area contributed by atoms with E-state index in [1.54, 1.807) is 0 Å². The summed E-state index contributed by atoms with van der Waals surface area (Å²) >= 11 is 3.45. The van der Waals surface area contributed by atoms with E-state index >= 15 is 0 Å². The van der Waals surface area contributed by atoms with Crippen LogP contribution in [0, 0.1) is 0 Å². The summed E-state index contributed by atoms with van der Waals surface area (Å²) < 4.78 is 18.9. The predicted octanol–water partition coefficient (Wildman–Crippen LogP) is 1.93. The molecular weight excluding hydrogens is 302 g/mol. The van der Waals surface area contributed by atoms with Gasteiger partial charge in [-0.25, -0.2) is 0 Å². The molecule has 17 heavy (non-hydrogen) atoms. The van der Waals surface area contributed by atoms with Gasteiger partial charge in [-0.1, -0.05) is 12.1 Å². The lowest BCUT2D eigenvalue weighted by Gasteiger charge is -2.30. The second kappa shape index (κ2) is 6.09. The van der Waals surface area contributed by atoms with E-state index in [0.717, 1.165) is 22.4 Å². The van der Waals surface area contributed by atoms with Crippen LogP contribution < -0.4 is 5.32 Å². The molecule has 0 amide bonds. The topological polar surface area (TPSA) is 38.3 Å². The molecule has 3 unspecified atom stereocenters. The minimum absolute atomic E-state index is 0.0208. The van der Waals surface area contributed by atoms with Crippen molar-refractivity contribution in [2.45, 2.75) is 22.6 Å². The summed E-state index contributed by atoms with van der Waals surface area (Å²) in [6.07, 6.45) is 0.914. The maximum absolute atomic E-state index is 12.6. The molecule has 1 fully saturated rings. The van der Waals surface area contributed by atoms with Crippen molar-refractivity contribution in [3.63, 3.8) is 0 Å². The largest absolute Gasteiger partial charge is 0.380 e. The van der Waals surface area contributed by atoms with Gasteiger partial charge in [-0.15, -0.1) is 0 Å². The second-order valence-corrected chi connectivity index (χ2v) is 6.52. The minimum atomic E-state index is -1.05. The average molecular weight is 318 g/mol. The fourth-order valence-electron chi connectivity index (χ4n) is 2.02. The van der Waals surface area contributed by atoms with Gasteiger partial charge >= 0.3 is 0 Å². The van der Waals surface area contributed by atoms with Gasteiger partial charge in [0.15, 0.2) is 0 Å². The van der Waals surface area contributed by atoms with Gasteiger partial charge in [0.2, 0.25) is 0 Å². The third-order valence-corrected chi connectivity index (χ3v) is 5.76. The number of hydrogen-bond acceptors (Lipinski definition) is 3. The Hall–Kier alpha value is -0.230. The quantitative estimate of drug-likeness (QED) is 0.925. The maximum Gasteiger partial charge on any atom is 0.0782 e. The van der Waals surface area contributed by atoms with Gasteiger partial charge in [0, 0.05) is 17.1 Å². The van der Waals surface area contributed by atoms with Crippen LogP contribution in [0.15, 0.2) is 33.6 Å². The molecule has 2 rings (SSSR count). The standard InChI is InChI=1S/C12H16BrNO2S/c1-14-10-6-7-16-8-12(10)17(15)11-5-3-2-4-9(11)13/h2-5,10,12,14H,6-8H2,1H3. The van der Waals surface area contributed by atoms with Crippen LogP contribution in [0.3, 0.4) is 0 Å². The lowest BCUT2D eigenvalue weighted by atomic mass is 10.1. The molecule has 1 aliphatic rings. The number of rotatable bonds is 3. The van der Waals surface area contributed by atoms with Crippen LogP contribution in [0.5, 0.6) is 0 Å². The lowest BCUT2D eigenvalue weighted by Crippen LogP contribution is -2.47. The van der Waals surface area contributed by atoms with Crippen molar-refractivity contribution >= 4 is 26.7 Å². The molecule has 0 aliphatic carbocycles. The first-order valence-corrected chi connectivity index (χ1v) is 7.64. The summed E-state index contributed by atoms with van der Waals surface area (Å²) in [7, 11) is 0.871. The molecule has 1 aromatic rings. The van der Waals surface area contributed by atoms with E-state index in [2.05, 4.69) is 21.2 Å². The molecule has 5 heteroatoms. The molecule has 0 spiro atoms. The first kappa shape index (κ1) is 13.2. The molecule has 1 saturated heterocycles. The Morgan fingerprint density at radius 3 is 2.94 bits per heavy atom. The number of halogens is 1. The Labute approximate surface area is 113 Å². The van der Waals surface area contributed by atoms with Crippen molar-refractivity contribution in [3.8, 4) is 0 Å². The van der Waals surface area contributed by atoms with Gasteiger partial charge in [0.25, 0.3) is 0 Å². The van der Waals surface area contributed by atoms with E-state index in [-0.39, 0.29) is 11.3 Å². The Balaban J connectivity index is 2.21. The zero-order valence-corrected chi connectivity index (χ0v) is 12.1. The summed E-state index contributed by atoms with van der Waals surface area (Å²) in [6, 6.07) is 7.93. The first-order valence-electron chi connectivity index (χ1n) is 5.64. The SMILES string of the molecule is CNC1CCOCC1S(=O)c1ccccc1Br. The van der Waals surface area contributed by atoms with E-state index < -0.39 is 10.8 Å². The van der Waals surface area contributed by atoms with Crippen molar-refractivity contribution in [2.75, 3.05) is 20.3 Å². The number of hydrogen-bond donors (Lipinski definition) is 1. The molecule has 94 valence electrons. The van der Waals surface area contributed by atoms with Crippen LogP contribution >= 0.6 is 15.9 Å². The third-order valence-electron chi connectivity index (χ3n) is 3.00. The van der Waals surface area contributed by atoms with Crippen molar-refractivity contribution in [3.05, 3.63) is 28.7 Å². The van der Waals surface area contributed by atoms with Crippen LogP contribution in [-0.2, 0) is 15.5 Å². The Morgan fingerprint density at radius 2 is 2.24 bits per heavy atom. The maximum atomic E-state index is 12.6. The molecule has 0 saturated carbocycles. The highest BCUT2D eigenvalue weighted by molar-refractivity contribution is 9.10. The number of nitrogens with one attached hydrogen (secondary N) is 1. The summed E-state index contributed by atoms with van der Waals surface area (Å²) in [6.45, 7) is 1.30. The Morgan fingerprint density at radius 1 is 1.47 bits per heavy atom. The minimum Gasteiger partial charge on any atom is -0.380 e. The molecule has 1 aliphatic heterocycles. The van der Waals surface area contributed by atoms with E-state index in [1.807, 2.05) is 31.3 Å². The van der Waals surface area contributed by atoms with E-state index in [4.69, 9.17) is 4.74 Å². The normalized spacial score (nSPS) is 26.7.